The minimum Gasteiger partial charge on any atom is -0.469 e. The van der Waals surface area contributed by atoms with Gasteiger partial charge in [-0.25, -0.2) is 4.79 Å². The molecule has 0 unspecified atom stereocenters. The predicted molar refractivity (Wildman–Crippen MR) is 84.7 cm³/mol. The molecular formula is C18H24NO4+. The van der Waals surface area contributed by atoms with Crippen LogP contribution in [0.5, 0.6) is 0 Å². The van der Waals surface area contributed by atoms with Crippen LogP contribution in [0.4, 0.5) is 0 Å². The Morgan fingerprint density at radius 2 is 1.83 bits per heavy atom. The summed E-state index contributed by atoms with van der Waals surface area (Å²) in [6.07, 6.45) is 2.34. The lowest BCUT2D eigenvalue weighted by Crippen LogP contribution is -2.62. The van der Waals surface area contributed by atoms with Gasteiger partial charge in [0.1, 0.15) is 18.1 Å². The Kier molecular flexibility index (Phi) is 4.15. The highest BCUT2D eigenvalue weighted by atomic mass is 16.6. The first-order chi connectivity index (χ1) is 10.9. The number of carbonyl (C=O) groups excluding carboxylic acids is 2. The Balaban J connectivity index is 1.83. The molecule has 0 N–H and O–H groups in total. The Hall–Kier alpha value is -1.88. The van der Waals surface area contributed by atoms with Crippen LogP contribution in [-0.2, 0) is 14.3 Å². The molecule has 5 heteroatoms. The van der Waals surface area contributed by atoms with Gasteiger partial charge in [0.25, 0.3) is 0 Å². The zero-order valence-corrected chi connectivity index (χ0v) is 13.9. The van der Waals surface area contributed by atoms with Gasteiger partial charge in [0.2, 0.25) is 0 Å². The number of benzene rings is 1. The molecule has 2 heterocycles. The van der Waals surface area contributed by atoms with Crippen molar-refractivity contribution in [2.75, 3.05) is 21.2 Å². The summed E-state index contributed by atoms with van der Waals surface area (Å²) in [5.74, 6) is -1.02. The highest BCUT2D eigenvalue weighted by Gasteiger charge is 2.58. The third kappa shape index (κ3) is 2.74. The Labute approximate surface area is 136 Å². The van der Waals surface area contributed by atoms with E-state index in [0.717, 1.165) is 17.3 Å². The van der Waals surface area contributed by atoms with E-state index in [0.29, 0.717) is 18.0 Å². The van der Waals surface area contributed by atoms with E-state index < -0.39 is 6.10 Å². The number of fused-ring (bicyclic) bond motifs is 2. The molecule has 1 aromatic carbocycles. The van der Waals surface area contributed by atoms with Crippen LogP contribution < -0.4 is 0 Å². The van der Waals surface area contributed by atoms with E-state index in [2.05, 4.69) is 14.1 Å². The molecule has 2 aliphatic rings. The lowest BCUT2D eigenvalue weighted by atomic mass is 9.85. The number of rotatable bonds is 3. The van der Waals surface area contributed by atoms with Crippen molar-refractivity contribution >= 4 is 11.9 Å². The molecule has 0 aromatic heterocycles. The smallest absolute Gasteiger partial charge is 0.338 e. The minimum atomic E-state index is -0.404. The summed E-state index contributed by atoms with van der Waals surface area (Å²) in [7, 11) is 5.72. The van der Waals surface area contributed by atoms with Gasteiger partial charge in [-0.2, -0.15) is 0 Å². The molecular weight excluding hydrogens is 294 g/mol. The van der Waals surface area contributed by atoms with Gasteiger partial charge in [-0.1, -0.05) is 18.2 Å². The van der Waals surface area contributed by atoms with Gasteiger partial charge < -0.3 is 14.0 Å². The van der Waals surface area contributed by atoms with Crippen LogP contribution in [0.15, 0.2) is 30.3 Å². The molecule has 2 saturated heterocycles. The molecule has 23 heavy (non-hydrogen) atoms. The Morgan fingerprint density at radius 1 is 1.13 bits per heavy atom. The van der Waals surface area contributed by atoms with E-state index in [-0.39, 0.29) is 23.9 Å². The number of carbonyl (C=O) groups is 2. The van der Waals surface area contributed by atoms with Crippen LogP contribution in [0.3, 0.4) is 0 Å². The number of ether oxygens (including phenoxy) is 2. The fourth-order valence-corrected chi connectivity index (χ4v) is 4.29. The van der Waals surface area contributed by atoms with E-state index in [1.54, 1.807) is 24.3 Å². The van der Waals surface area contributed by atoms with E-state index in [4.69, 9.17) is 9.47 Å². The van der Waals surface area contributed by atoms with Crippen LogP contribution in [0.25, 0.3) is 0 Å². The zero-order chi connectivity index (χ0) is 16.6. The summed E-state index contributed by atoms with van der Waals surface area (Å²) < 4.78 is 11.6. The van der Waals surface area contributed by atoms with E-state index in [1.807, 2.05) is 6.07 Å². The molecule has 2 aliphatic heterocycles. The van der Waals surface area contributed by atoms with Crippen molar-refractivity contribution < 1.29 is 23.5 Å². The molecule has 4 atom stereocenters. The second kappa shape index (κ2) is 5.96. The molecule has 0 radical (unpaired) electrons. The second-order valence-electron chi connectivity index (χ2n) is 7.02. The number of methoxy groups -OCH3 is 1. The first-order valence-electron chi connectivity index (χ1n) is 8.12. The van der Waals surface area contributed by atoms with Crippen molar-refractivity contribution in [3.8, 4) is 0 Å². The van der Waals surface area contributed by atoms with Gasteiger partial charge in [-0.15, -0.1) is 0 Å². The molecule has 0 amide bonds. The standard InChI is InChI=1S/C18H24NO4/c1-19(2)13-9-10-14(19)16(18(21)22-3)15(11-13)23-17(20)12-7-5-4-6-8-12/h4-8,13-16H,9-11H2,1-3H3/q+1/t13-,14-,15-,16+/m1/s1. The van der Waals surface area contributed by atoms with Crippen molar-refractivity contribution in [2.24, 2.45) is 5.92 Å². The third-order valence-electron chi connectivity index (χ3n) is 5.65. The number of nitrogens with zero attached hydrogens (tertiary/aromatic N) is 1. The van der Waals surface area contributed by atoms with Crippen LogP contribution in [0.2, 0.25) is 0 Å². The monoisotopic (exact) mass is 318 g/mol. The van der Waals surface area contributed by atoms with Gasteiger partial charge in [0.15, 0.2) is 0 Å². The first-order valence-corrected chi connectivity index (χ1v) is 8.12. The van der Waals surface area contributed by atoms with Crippen molar-refractivity contribution in [2.45, 2.75) is 37.5 Å². The van der Waals surface area contributed by atoms with Crippen LogP contribution in [0.1, 0.15) is 29.6 Å². The molecule has 0 aliphatic carbocycles. The van der Waals surface area contributed by atoms with Crippen LogP contribution >= 0.6 is 0 Å². The summed E-state index contributed by atoms with van der Waals surface area (Å²) in [4.78, 5) is 24.7. The number of quaternary nitrogens is 1. The van der Waals surface area contributed by atoms with Crippen LogP contribution in [-0.4, -0.2) is 55.8 Å². The average molecular weight is 318 g/mol. The highest BCUT2D eigenvalue weighted by Crippen LogP contribution is 2.44. The topological polar surface area (TPSA) is 52.6 Å². The lowest BCUT2D eigenvalue weighted by Gasteiger charge is -2.47. The third-order valence-corrected chi connectivity index (χ3v) is 5.65. The molecule has 2 fully saturated rings. The molecule has 0 spiro atoms. The van der Waals surface area contributed by atoms with E-state index in [9.17, 15) is 9.59 Å². The predicted octanol–water partition coefficient (Wildman–Crippen LogP) is 2.01. The van der Waals surface area contributed by atoms with Crippen molar-refractivity contribution in [1.82, 2.24) is 0 Å². The van der Waals surface area contributed by atoms with Crippen molar-refractivity contribution in [3.05, 3.63) is 35.9 Å². The fourth-order valence-electron chi connectivity index (χ4n) is 4.29. The number of hydrogen-bond donors (Lipinski definition) is 0. The van der Waals surface area contributed by atoms with Gasteiger partial charge in [-0.05, 0) is 12.1 Å². The summed E-state index contributed by atoms with van der Waals surface area (Å²) in [6, 6.07) is 9.50. The summed E-state index contributed by atoms with van der Waals surface area (Å²) in [5.41, 5.74) is 0.516. The maximum Gasteiger partial charge on any atom is 0.338 e. The van der Waals surface area contributed by atoms with E-state index in [1.165, 1.54) is 7.11 Å². The van der Waals surface area contributed by atoms with Gasteiger partial charge in [0.05, 0.1) is 32.8 Å². The normalized spacial score (nSPS) is 31.4. The summed E-state index contributed by atoms with van der Waals surface area (Å²) in [6.45, 7) is 0. The number of piperidine rings is 1. The zero-order valence-electron chi connectivity index (χ0n) is 13.9. The van der Waals surface area contributed by atoms with Crippen molar-refractivity contribution in [1.29, 1.82) is 0 Å². The SMILES string of the molecule is COC(=O)[C@H]1[C@H]2CC[C@H](C[C@H]1OC(=O)c1ccccc1)[N+]2(C)C. The van der Waals surface area contributed by atoms with Crippen molar-refractivity contribution in [3.63, 3.8) is 0 Å². The quantitative estimate of drug-likeness (QED) is 0.632. The van der Waals surface area contributed by atoms with Gasteiger partial charge in [0, 0.05) is 19.3 Å². The molecule has 1 aromatic rings. The first kappa shape index (κ1) is 16.0. The minimum absolute atomic E-state index is 0.148. The molecule has 5 nitrogen and oxygen atoms in total. The number of esters is 2. The maximum atomic E-state index is 12.4. The fraction of sp³-hybridized carbons (Fsp3) is 0.556. The Morgan fingerprint density at radius 3 is 2.48 bits per heavy atom. The van der Waals surface area contributed by atoms with Crippen LogP contribution in [0, 0.1) is 5.92 Å². The molecule has 2 bridgehead atoms. The van der Waals surface area contributed by atoms with Gasteiger partial charge >= 0.3 is 11.9 Å². The van der Waals surface area contributed by atoms with Gasteiger partial charge in [-0.3, -0.25) is 4.79 Å². The Bertz CT molecular complexity index is 598. The molecule has 124 valence electrons. The maximum absolute atomic E-state index is 12.4. The average Bonchev–Trinajstić information content (AvgIpc) is 2.73. The summed E-state index contributed by atoms with van der Waals surface area (Å²) in [5, 5.41) is 0. The lowest BCUT2D eigenvalue weighted by molar-refractivity contribution is -0.934. The second-order valence-corrected chi connectivity index (χ2v) is 7.02. The number of hydrogen-bond acceptors (Lipinski definition) is 4. The molecule has 0 saturated carbocycles. The largest absolute Gasteiger partial charge is 0.469 e. The summed E-state index contributed by atoms with van der Waals surface area (Å²) >= 11 is 0. The highest BCUT2D eigenvalue weighted by molar-refractivity contribution is 5.89. The van der Waals surface area contributed by atoms with E-state index >= 15 is 0 Å². The molecule has 3 rings (SSSR count).